The van der Waals surface area contributed by atoms with Crippen molar-refractivity contribution in [3.63, 3.8) is 0 Å². The van der Waals surface area contributed by atoms with Crippen molar-refractivity contribution < 1.29 is 19.0 Å². The molecule has 0 aliphatic carbocycles. The van der Waals surface area contributed by atoms with Gasteiger partial charge in [0.15, 0.2) is 0 Å². The first-order valence-corrected chi connectivity index (χ1v) is 10.7. The molecule has 0 radical (unpaired) electrons. The smallest absolute Gasteiger partial charge is 0.123 e. The summed E-state index contributed by atoms with van der Waals surface area (Å²) in [5, 5.41) is 21.4. The molecule has 0 spiro atoms. The third-order valence-corrected chi connectivity index (χ3v) is 5.30. The van der Waals surface area contributed by atoms with Gasteiger partial charge in [0.25, 0.3) is 0 Å². The fourth-order valence-corrected chi connectivity index (χ4v) is 3.28. The number of hydrogen-bond donors (Lipinski definition) is 3. The average molecular weight is 487 g/mol. The van der Waals surface area contributed by atoms with Crippen molar-refractivity contribution >= 4 is 21.6 Å². The molecule has 2 heterocycles. The van der Waals surface area contributed by atoms with Gasteiger partial charge in [-0.3, -0.25) is 0 Å². The molecule has 0 aromatic heterocycles. The molecule has 2 aliphatic rings. The van der Waals surface area contributed by atoms with E-state index in [2.05, 4.69) is 26.1 Å². The average Bonchev–Trinajstić information content (AvgIpc) is 2.73. The maximum atomic E-state index is 12.7. The lowest BCUT2D eigenvalue weighted by molar-refractivity contribution is 0.137. The summed E-state index contributed by atoms with van der Waals surface area (Å²) in [5.41, 5.74) is 1.04. The number of halogens is 3. The van der Waals surface area contributed by atoms with Gasteiger partial charge in [-0.2, -0.15) is 0 Å². The minimum absolute atomic E-state index is 0. The second kappa shape index (κ2) is 14.5. The highest BCUT2D eigenvalue weighted by molar-refractivity contribution is 9.10. The molecule has 4 nitrogen and oxygen atoms in total. The Kier molecular flexibility index (Phi) is 12.8. The lowest BCUT2D eigenvalue weighted by Crippen LogP contribution is -2.35. The Morgan fingerprint density at radius 2 is 1.20 bits per heavy atom. The van der Waals surface area contributed by atoms with E-state index in [1.807, 2.05) is 0 Å². The predicted molar refractivity (Wildman–Crippen MR) is 123 cm³/mol. The molecular formula is C23H33BrF2N2O2. The summed E-state index contributed by atoms with van der Waals surface area (Å²) in [6, 6.07) is 12.7. The Hall–Kier alpha value is -1.54. The van der Waals surface area contributed by atoms with E-state index < -0.39 is 0 Å². The van der Waals surface area contributed by atoms with Crippen molar-refractivity contribution in [2.75, 3.05) is 31.1 Å². The lowest BCUT2D eigenvalue weighted by atomic mass is 10.1. The lowest BCUT2D eigenvalue weighted by Gasteiger charge is -2.31. The number of anilines is 1. The van der Waals surface area contributed by atoms with E-state index in [1.54, 1.807) is 24.3 Å². The molecule has 0 saturated carbocycles. The zero-order valence-corrected chi connectivity index (χ0v) is 18.0. The second-order valence-electron chi connectivity index (χ2n) is 7.11. The van der Waals surface area contributed by atoms with Gasteiger partial charge in [-0.25, -0.2) is 8.78 Å². The first-order valence-electron chi connectivity index (χ1n) is 9.92. The van der Waals surface area contributed by atoms with Crippen molar-refractivity contribution in [2.24, 2.45) is 0 Å². The molecule has 2 aliphatic heterocycles. The van der Waals surface area contributed by atoms with Crippen LogP contribution in [0.4, 0.5) is 14.5 Å². The van der Waals surface area contributed by atoms with Gasteiger partial charge in [0, 0.05) is 23.2 Å². The molecule has 3 N–H and O–H groups in total. The molecule has 0 atom stereocenters. The molecule has 2 aromatic rings. The zero-order valence-electron chi connectivity index (χ0n) is 16.4. The van der Waals surface area contributed by atoms with Crippen LogP contribution in [0.15, 0.2) is 53.0 Å². The normalized spacial score (nSPS) is 17.0. The topological polar surface area (TPSA) is 55.7 Å². The molecule has 2 fully saturated rings. The summed E-state index contributed by atoms with van der Waals surface area (Å²) < 4.78 is 25.6. The van der Waals surface area contributed by atoms with Crippen molar-refractivity contribution in [3.05, 3.63) is 64.6 Å². The summed E-state index contributed by atoms with van der Waals surface area (Å²) in [5.74, 6) is -0.404. The minimum atomic E-state index is -0.203. The maximum absolute atomic E-state index is 12.7. The van der Waals surface area contributed by atoms with Crippen LogP contribution in [0.5, 0.6) is 0 Å². The molecule has 4 rings (SSSR count). The molecule has 0 amide bonds. The number of aliphatic hydroxyl groups excluding tert-OH is 2. The highest BCUT2D eigenvalue weighted by atomic mass is 79.9. The Labute approximate surface area is 187 Å². The zero-order chi connectivity index (χ0) is 21.1. The van der Waals surface area contributed by atoms with Gasteiger partial charge in [0.2, 0.25) is 0 Å². The Morgan fingerprint density at radius 3 is 1.60 bits per heavy atom. The highest BCUT2D eigenvalue weighted by Crippen LogP contribution is 2.20. The number of piperidine rings is 2. The molecular weight excluding hydrogens is 454 g/mol. The van der Waals surface area contributed by atoms with Gasteiger partial charge >= 0.3 is 0 Å². The van der Waals surface area contributed by atoms with E-state index in [0.717, 1.165) is 62.0 Å². The number of aliphatic hydroxyl groups is 2. The van der Waals surface area contributed by atoms with Crippen LogP contribution in [0.25, 0.3) is 0 Å². The van der Waals surface area contributed by atoms with Crippen LogP contribution in [0.2, 0.25) is 0 Å². The minimum Gasteiger partial charge on any atom is -0.393 e. The van der Waals surface area contributed by atoms with Crippen LogP contribution in [-0.4, -0.2) is 48.6 Å². The molecule has 168 valence electrons. The Bertz CT molecular complexity index is 666. The third kappa shape index (κ3) is 10.5. The van der Waals surface area contributed by atoms with Gasteiger partial charge in [-0.1, -0.05) is 23.4 Å². The van der Waals surface area contributed by atoms with E-state index in [-0.39, 0.29) is 31.3 Å². The van der Waals surface area contributed by atoms with E-state index in [0.29, 0.717) is 0 Å². The Morgan fingerprint density at radius 1 is 0.767 bits per heavy atom. The first-order chi connectivity index (χ1) is 13.9. The molecule has 30 heavy (non-hydrogen) atoms. The van der Waals surface area contributed by atoms with Gasteiger partial charge in [-0.15, -0.1) is 0 Å². The van der Waals surface area contributed by atoms with Crippen LogP contribution in [0.1, 0.15) is 33.1 Å². The molecule has 0 bridgehead atoms. The van der Waals surface area contributed by atoms with Gasteiger partial charge in [-0.05, 0) is 87.3 Å². The first kappa shape index (κ1) is 26.5. The third-order valence-electron chi connectivity index (χ3n) is 4.77. The number of rotatable bonds is 1. The summed E-state index contributed by atoms with van der Waals surface area (Å²) in [4.78, 5) is 2.17. The SMILES string of the molecule is C.Fc1ccc(Br)cc1.OC1CCN(c2ccc(F)cc2)CC1.OC1CCNCC1. The van der Waals surface area contributed by atoms with E-state index in [9.17, 15) is 13.9 Å². The largest absolute Gasteiger partial charge is 0.393 e. The van der Waals surface area contributed by atoms with E-state index in [4.69, 9.17) is 5.11 Å². The molecule has 0 unspecified atom stereocenters. The number of nitrogens with zero attached hydrogens (tertiary/aromatic N) is 1. The van der Waals surface area contributed by atoms with Crippen molar-refractivity contribution in [1.82, 2.24) is 5.32 Å². The van der Waals surface area contributed by atoms with Gasteiger partial charge in [0.05, 0.1) is 12.2 Å². The van der Waals surface area contributed by atoms with Gasteiger partial charge in [0.1, 0.15) is 11.6 Å². The van der Waals surface area contributed by atoms with Crippen LogP contribution in [0.3, 0.4) is 0 Å². The van der Waals surface area contributed by atoms with E-state index >= 15 is 0 Å². The monoisotopic (exact) mass is 486 g/mol. The summed E-state index contributed by atoms with van der Waals surface area (Å²) in [7, 11) is 0. The molecule has 7 heteroatoms. The summed E-state index contributed by atoms with van der Waals surface area (Å²) in [6.45, 7) is 3.68. The highest BCUT2D eigenvalue weighted by Gasteiger charge is 2.16. The van der Waals surface area contributed by atoms with Crippen molar-refractivity contribution in [3.8, 4) is 0 Å². The molecule has 2 saturated heterocycles. The number of benzene rings is 2. The fraction of sp³-hybridized carbons (Fsp3) is 0.478. The van der Waals surface area contributed by atoms with Crippen LogP contribution >= 0.6 is 15.9 Å². The maximum Gasteiger partial charge on any atom is 0.123 e. The number of hydrogen-bond acceptors (Lipinski definition) is 4. The summed E-state index contributed by atoms with van der Waals surface area (Å²) in [6.07, 6.45) is 3.28. The standard InChI is InChI=1S/C11H14FNO.C6H4BrF.C5H11NO.CH4/c12-9-1-3-10(4-2-9)13-7-5-11(14)6-8-13;7-5-1-3-6(8)4-2-5;7-5-1-3-6-4-2-5;/h1-4,11,14H,5-8H2;1-4H;5-7H,1-4H2;1H4. The van der Waals surface area contributed by atoms with Gasteiger partial charge < -0.3 is 20.4 Å². The van der Waals surface area contributed by atoms with Crippen LogP contribution in [-0.2, 0) is 0 Å². The van der Waals surface area contributed by atoms with Crippen LogP contribution in [0, 0.1) is 11.6 Å². The fourth-order valence-electron chi connectivity index (χ4n) is 3.01. The number of nitrogens with one attached hydrogen (secondary N) is 1. The summed E-state index contributed by atoms with van der Waals surface area (Å²) >= 11 is 3.18. The predicted octanol–water partition coefficient (Wildman–Crippen LogP) is 4.74. The van der Waals surface area contributed by atoms with Crippen LogP contribution < -0.4 is 10.2 Å². The second-order valence-corrected chi connectivity index (χ2v) is 8.03. The quantitative estimate of drug-likeness (QED) is 0.544. The van der Waals surface area contributed by atoms with Crippen molar-refractivity contribution in [2.45, 2.75) is 45.3 Å². The van der Waals surface area contributed by atoms with Crippen molar-refractivity contribution in [1.29, 1.82) is 0 Å². The Balaban J connectivity index is 0.000000241. The molecule has 2 aromatic carbocycles. The van der Waals surface area contributed by atoms with E-state index in [1.165, 1.54) is 24.3 Å².